The number of hydrogen-bond donors (Lipinski definition) is 1. The van der Waals surface area contributed by atoms with Gasteiger partial charge in [-0.2, -0.15) is 0 Å². The molecule has 1 heterocycles. The number of furan rings is 1. The highest BCUT2D eigenvalue weighted by molar-refractivity contribution is 5.90. The van der Waals surface area contributed by atoms with Gasteiger partial charge in [0.15, 0.2) is 17.1 Å². The van der Waals surface area contributed by atoms with Gasteiger partial charge >= 0.3 is 0 Å². The van der Waals surface area contributed by atoms with Crippen molar-refractivity contribution in [2.45, 2.75) is 6.61 Å². The van der Waals surface area contributed by atoms with Crippen molar-refractivity contribution in [2.75, 3.05) is 12.8 Å². The van der Waals surface area contributed by atoms with E-state index >= 15 is 0 Å². The molecule has 4 nitrogen and oxygen atoms in total. The molecule has 0 saturated carbocycles. The molecule has 0 aliphatic carbocycles. The largest absolute Gasteiger partial charge is 0.493 e. The normalized spacial score (nSPS) is 10.7. The first-order chi connectivity index (χ1) is 9.79. The molecule has 3 rings (SSSR count). The second kappa shape index (κ2) is 5.17. The molecule has 0 aliphatic heterocycles. The van der Waals surface area contributed by atoms with Crippen molar-refractivity contribution in [2.24, 2.45) is 0 Å². The van der Waals surface area contributed by atoms with Crippen LogP contribution in [0.15, 0.2) is 53.1 Å². The van der Waals surface area contributed by atoms with Crippen molar-refractivity contribution in [1.82, 2.24) is 0 Å². The van der Waals surface area contributed by atoms with Gasteiger partial charge in [-0.3, -0.25) is 0 Å². The summed E-state index contributed by atoms with van der Waals surface area (Å²) in [6, 6.07) is 13.2. The van der Waals surface area contributed by atoms with Crippen LogP contribution in [-0.4, -0.2) is 7.11 Å². The van der Waals surface area contributed by atoms with Gasteiger partial charge < -0.3 is 19.6 Å². The van der Waals surface area contributed by atoms with Gasteiger partial charge in [-0.15, -0.1) is 0 Å². The molecule has 3 aromatic rings. The smallest absolute Gasteiger partial charge is 0.161 e. The van der Waals surface area contributed by atoms with E-state index in [1.54, 1.807) is 13.4 Å². The second-order valence-electron chi connectivity index (χ2n) is 4.42. The van der Waals surface area contributed by atoms with Crippen LogP contribution >= 0.6 is 0 Å². The molecule has 2 aromatic carbocycles. The molecule has 0 unspecified atom stereocenters. The molecule has 1 aromatic heterocycles. The van der Waals surface area contributed by atoms with Gasteiger partial charge in [-0.1, -0.05) is 24.3 Å². The fourth-order valence-corrected chi connectivity index (χ4v) is 2.14. The topological polar surface area (TPSA) is 57.6 Å². The molecule has 0 aliphatic rings. The molecule has 0 fully saturated rings. The van der Waals surface area contributed by atoms with E-state index in [9.17, 15) is 0 Å². The number of benzene rings is 2. The van der Waals surface area contributed by atoms with Crippen molar-refractivity contribution in [1.29, 1.82) is 0 Å². The van der Waals surface area contributed by atoms with Crippen LogP contribution < -0.4 is 15.2 Å². The highest BCUT2D eigenvalue weighted by Gasteiger charge is 2.10. The Labute approximate surface area is 116 Å². The Hall–Kier alpha value is -2.62. The van der Waals surface area contributed by atoms with E-state index in [0.717, 1.165) is 10.9 Å². The van der Waals surface area contributed by atoms with E-state index in [1.165, 1.54) is 0 Å². The van der Waals surface area contributed by atoms with Gasteiger partial charge in [0.2, 0.25) is 0 Å². The van der Waals surface area contributed by atoms with Crippen molar-refractivity contribution in [3.8, 4) is 11.5 Å². The molecule has 0 amide bonds. The first-order valence-electron chi connectivity index (χ1n) is 6.30. The van der Waals surface area contributed by atoms with Crippen molar-refractivity contribution in [3.05, 3.63) is 54.3 Å². The number of rotatable bonds is 4. The quantitative estimate of drug-likeness (QED) is 0.735. The molecule has 0 radical (unpaired) electrons. The predicted octanol–water partition coefficient (Wildman–Crippen LogP) is 3.60. The van der Waals surface area contributed by atoms with Gasteiger partial charge in [0.1, 0.15) is 6.61 Å². The summed E-state index contributed by atoms with van der Waals surface area (Å²) in [6.07, 6.45) is 1.68. The fraction of sp³-hybridized carbons (Fsp3) is 0.125. The SMILES string of the molecule is COc1ccccc1OCc1coc2c(N)cccc12. The molecule has 0 spiro atoms. The molecule has 0 saturated heterocycles. The van der Waals surface area contributed by atoms with Gasteiger partial charge in [0.05, 0.1) is 19.1 Å². The Morgan fingerprint density at radius 3 is 2.65 bits per heavy atom. The van der Waals surface area contributed by atoms with E-state index in [2.05, 4.69) is 0 Å². The maximum atomic E-state index is 5.87. The van der Waals surface area contributed by atoms with Gasteiger partial charge in [-0.25, -0.2) is 0 Å². The van der Waals surface area contributed by atoms with Crippen LogP contribution in [0.2, 0.25) is 0 Å². The summed E-state index contributed by atoms with van der Waals surface area (Å²) < 4.78 is 16.5. The Bertz CT molecular complexity index is 733. The number of para-hydroxylation sites is 3. The van der Waals surface area contributed by atoms with Crippen molar-refractivity contribution < 1.29 is 13.9 Å². The second-order valence-corrected chi connectivity index (χ2v) is 4.42. The molecular formula is C16H15NO3. The minimum absolute atomic E-state index is 0.400. The summed E-state index contributed by atoms with van der Waals surface area (Å²) in [7, 11) is 1.62. The van der Waals surface area contributed by atoms with Crippen molar-refractivity contribution >= 4 is 16.7 Å². The lowest BCUT2D eigenvalue weighted by molar-refractivity contribution is 0.284. The van der Waals surface area contributed by atoms with Gasteiger partial charge in [0, 0.05) is 10.9 Å². The molecule has 0 atom stereocenters. The summed E-state index contributed by atoms with van der Waals surface area (Å²) in [6.45, 7) is 0.400. The lowest BCUT2D eigenvalue weighted by atomic mass is 10.1. The maximum absolute atomic E-state index is 5.87. The zero-order valence-corrected chi connectivity index (χ0v) is 11.1. The number of nitrogens with two attached hydrogens (primary N) is 1. The Kier molecular flexibility index (Phi) is 3.21. The Morgan fingerprint density at radius 1 is 1.05 bits per heavy atom. The van der Waals surface area contributed by atoms with E-state index in [-0.39, 0.29) is 0 Å². The van der Waals surface area contributed by atoms with Crippen LogP contribution in [0.3, 0.4) is 0 Å². The molecule has 4 heteroatoms. The number of methoxy groups -OCH3 is 1. The van der Waals surface area contributed by atoms with Crippen LogP contribution in [0.5, 0.6) is 11.5 Å². The van der Waals surface area contributed by atoms with Crippen LogP contribution in [-0.2, 0) is 6.61 Å². The predicted molar refractivity (Wildman–Crippen MR) is 78.0 cm³/mol. The molecule has 20 heavy (non-hydrogen) atoms. The van der Waals surface area contributed by atoms with Crippen LogP contribution in [0.25, 0.3) is 11.0 Å². The highest BCUT2D eigenvalue weighted by atomic mass is 16.5. The van der Waals surface area contributed by atoms with E-state index in [4.69, 9.17) is 19.6 Å². The lowest BCUT2D eigenvalue weighted by Crippen LogP contribution is -1.96. The zero-order chi connectivity index (χ0) is 13.9. The first kappa shape index (κ1) is 12.4. The summed E-state index contributed by atoms with van der Waals surface area (Å²) >= 11 is 0. The first-order valence-corrected chi connectivity index (χ1v) is 6.30. The third-order valence-electron chi connectivity index (χ3n) is 3.16. The summed E-state index contributed by atoms with van der Waals surface area (Å²) in [5.41, 5.74) is 8.16. The monoisotopic (exact) mass is 269 g/mol. The van der Waals surface area contributed by atoms with Crippen LogP contribution in [0, 0.1) is 0 Å². The standard InChI is InChI=1S/C16H15NO3/c1-18-14-7-2-3-8-15(14)19-9-11-10-20-16-12(11)5-4-6-13(16)17/h2-8,10H,9,17H2,1H3. The summed E-state index contributed by atoms with van der Waals surface area (Å²) in [5, 5.41) is 0.972. The molecular weight excluding hydrogens is 254 g/mol. The maximum Gasteiger partial charge on any atom is 0.161 e. The van der Waals surface area contributed by atoms with Gasteiger partial charge in [-0.05, 0) is 18.2 Å². The number of ether oxygens (including phenoxy) is 2. The average Bonchev–Trinajstić information content (AvgIpc) is 2.90. The third kappa shape index (κ3) is 2.16. The number of hydrogen-bond acceptors (Lipinski definition) is 4. The van der Waals surface area contributed by atoms with Crippen LogP contribution in [0.4, 0.5) is 5.69 Å². The van der Waals surface area contributed by atoms with Crippen molar-refractivity contribution in [3.63, 3.8) is 0 Å². The Balaban J connectivity index is 1.85. The fourth-order valence-electron chi connectivity index (χ4n) is 2.14. The lowest BCUT2D eigenvalue weighted by Gasteiger charge is -2.09. The minimum atomic E-state index is 0.400. The van der Waals surface area contributed by atoms with Gasteiger partial charge in [0.25, 0.3) is 0 Å². The molecule has 0 bridgehead atoms. The number of anilines is 1. The Morgan fingerprint density at radius 2 is 1.85 bits per heavy atom. The highest BCUT2D eigenvalue weighted by Crippen LogP contribution is 2.30. The van der Waals surface area contributed by atoms with E-state index in [0.29, 0.717) is 29.4 Å². The number of fused-ring (bicyclic) bond motifs is 1. The third-order valence-corrected chi connectivity index (χ3v) is 3.16. The number of nitrogen functional groups attached to an aromatic ring is 1. The summed E-state index contributed by atoms with van der Waals surface area (Å²) in [4.78, 5) is 0. The van der Waals surface area contributed by atoms with Crippen LogP contribution in [0.1, 0.15) is 5.56 Å². The van der Waals surface area contributed by atoms with E-state index in [1.807, 2.05) is 42.5 Å². The summed E-state index contributed by atoms with van der Waals surface area (Å²) in [5.74, 6) is 1.41. The zero-order valence-electron chi connectivity index (χ0n) is 11.1. The average molecular weight is 269 g/mol. The van der Waals surface area contributed by atoms with E-state index < -0.39 is 0 Å². The minimum Gasteiger partial charge on any atom is -0.493 e. The molecule has 2 N–H and O–H groups in total. The molecule has 102 valence electrons.